The van der Waals surface area contributed by atoms with E-state index >= 15 is 0 Å². The molecule has 1 N–H and O–H groups in total. The summed E-state index contributed by atoms with van der Waals surface area (Å²) in [4.78, 5) is 4.62. The van der Waals surface area contributed by atoms with Crippen LogP contribution in [0.1, 0.15) is 27.8 Å². The first-order chi connectivity index (χ1) is 35.7. The number of hydrogen-bond acceptors (Lipinski definition) is 4. The summed E-state index contributed by atoms with van der Waals surface area (Å²) >= 11 is 0. The Bertz CT molecular complexity index is 4290. The van der Waals surface area contributed by atoms with E-state index < -0.39 is 0 Å². The number of aryl methyl sites for hydroxylation is 5. The molecular formula is C69H52N2O2. The zero-order valence-electron chi connectivity index (χ0n) is 41.5. The summed E-state index contributed by atoms with van der Waals surface area (Å²) < 4.78 is 7.15. The lowest BCUT2D eigenvalue weighted by molar-refractivity contribution is 0.478. The molecule has 13 aromatic rings. The summed E-state index contributed by atoms with van der Waals surface area (Å²) in [7, 11) is 0. The number of furan rings is 1. The molecule has 0 fully saturated rings. The Morgan fingerprint density at radius 2 is 0.836 bits per heavy atom. The Kier molecular flexibility index (Phi) is 10.4. The van der Waals surface area contributed by atoms with Crippen LogP contribution < -0.4 is 9.80 Å². The van der Waals surface area contributed by atoms with Crippen LogP contribution in [0.3, 0.4) is 0 Å². The highest BCUT2D eigenvalue weighted by Gasteiger charge is 2.26. The Balaban J connectivity index is 1.02. The van der Waals surface area contributed by atoms with Crippen LogP contribution in [0.15, 0.2) is 223 Å². The highest BCUT2D eigenvalue weighted by atomic mass is 16.3. The van der Waals surface area contributed by atoms with E-state index in [1.807, 2.05) is 12.1 Å². The van der Waals surface area contributed by atoms with Crippen LogP contribution in [0.5, 0.6) is 5.75 Å². The first-order valence-electron chi connectivity index (χ1n) is 25.1. The topological polar surface area (TPSA) is 39.9 Å². The fraction of sp³-hybridized carbons (Fsp3) is 0.0725. The number of nitrogens with zero attached hydrogens (tertiary/aromatic N) is 2. The van der Waals surface area contributed by atoms with Crippen LogP contribution in [0.25, 0.3) is 87.6 Å². The second-order valence-corrected chi connectivity index (χ2v) is 19.7. The normalized spacial score (nSPS) is 11.7. The van der Waals surface area contributed by atoms with Gasteiger partial charge in [-0.15, -0.1) is 0 Å². The quantitative estimate of drug-likeness (QED) is 0.146. The fourth-order valence-corrected chi connectivity index (χ4v) is 11.6. The van der Waals surface area contributed by atoms with Crippen molar-refractivity contribution >= 4 is 88.4 Å². The molecular weight excluding hydrogens is 889 g/mol. The third kappa shape index (κ3) is 7.20. The first-order valence-corrected chi connectivity index (χ1v) is 25.1. The van der Waals surface area contributed by atoms with Crippen molar-refractivity contribution in [2.45, 2.75) is 34.6 Å². The summed E-state index contributed by atoms with van der Waals surface area (Å²) in [6.07, 6.45) is 0. The molecule has 73 heavy (non-hydrogen) atoms. The minimum Gasteiger partial charge on any atom is -0.505 e. The van der Waals surface area contributed by atoms with Crippen molar-refractivity contribution in [1.29, 1.82) is 0 Å². The number of phenols is 1. The van der Waals surface area contributed by atoms with Crippen molar-refractivity contribution in [2.75, 3.05) is 9.80 Å². The highest BCUT2D eigenvalue weighted by Crippen LogP contribution is 2.52. The van der Waals surface area contributed by atoms with Gasteiger partial charge in [0.15, 0.2) is 5.58 Å². The molecule has 0 aliphatic rings. The number of anilines is 6. The van der Waals surface area contributed by atoms with E-state index in [-0.39, 0.29) is 5.75 Å². The van der Waals surface area contributed by atoms with Crippen molar-refractivity contribution in [3.63, 3.8) is 0 Å². The van der Waals surface area contributed by atoms with Crippen LogP contribution in [0.2, 0.25) is 0 Å². The van der Waals surface area contributed by atoms with Crippen LogP contribution in [0.4, 0.5) is 34.1 Å². The Morgan fingerprint density at radius 3 is 1.49 bits per heavy atom. The third-order valence-corrected chi connectivity index (χ3v) is 15.0. The lowest BCUT2D eigenvalue weighted by atomic mass is 9.91. The molecule has 12 aromatic carbocycles. The molecule has 350 valence electrons. The van der Waals surface area contributed by atoms with E-state index in [0.29, 0.717) is 5.69 Å². The average molecular weight is 941 g/mol. The number of phenolic OH excluding ortho intramolecular Hbond substituents is 1. The summed E-state index contributed by atoms with van der Waals surface area (Å²) in [5.41, 5.74) is 19.7. The molecule has 0 saturated carbocycles. The SMILES string of the molecule is Cc1cccc(N(c2cccc(-c3cccc(-c4c(C)cccc4C)c3)c2O)c2ccc3ccc4c(N(c5cccc(C)c5)c5cccc6c5oc5c(-c7ccccc7C)cccc56)ccc5ccc2c3c54)c1. The van der Waals surface area contributed by atoms with Gasteiger partial charge in [0.25, 0.3) is 0 Å². The standard InChI is InChI=1S/C69H52N2O2/c1-42-15-8-22-51(39-42)70(62-29-13-25-54(67(62)72)49-20-11-21-50(41-49)64-45(4)18-10-19-46(64)5)60-37-33-47-32-36-59-61(38-34-48-31-35-58(60)65(47)66(48)59)71(52-23-9-16-43(2)40-52)63-30-14-28-57-56-27-12-26-55(68(56)73-69(57)63)53-24-7-6-17-44(53)3/h6-41,72H,1-5H3. The number of aromatic hydroxyl groups is 1. The van der Waals surface area contributed by atoms with E-state index in [1.54, 1.807) is 0 Å². The molecule has 13 rings (SSSR count). The largest absolute Gasteiger partial charge is 0.505 e. The van der Waals surface area contributed by atoms with Crippen LogP contribution in [0, 0.1) is 34.6 Å². The third-order valence-electron chi connectivity index (χ3n) is 15.0. The summed E-state index contributed by atoms with van der Waals surface area (Å²) in [6, 6.07) is 78.0. The number of hydrogen-bond donors (Lipinski definition) is 1. The van der Waals surface area contributed by atoms with Gasteiger partial charge in [0.2, 0.25) is 0 Å². The van der Waals surface area contributed by atoms with E-state index in [9.17, 15) is 5.11 Å². The maximum atomic E-state index is 12.7. The van der Waals surface area contributed by atoms with E-state index in [1.165, 1.54) is 33.2 Å². The van der Waals surface area contributed by atoms with Gasteiger partial charge < -0.3 is 19.3 Å². The van der Waals surface area contributed by atoms with Gasteiger partial charge in [-0.1, -0.05) is 164 Å². The fourth-order valence-electron chi connectivity index (χ4n) is 11.6. The predicted octanol–water partition coefficient (Wildman–Crippen LogP) is 19.7. The maximum Gasteiger partial charge on any atom is 0.159 e. The molecule has 4 heteroatoms. The molecule has 0 saturated heterocycles. The van der Waals surface area contributed by atoms with Crippen LogP contribution in [-0.4, -0.2) is 5.11 Å². The monoisotopic (exact) mass is 940 g/mol. The lowest BCUT2D eigenvalue weighted by Gasteiger charge is -2.30. The van der Waals surface area contributed by atoms with Gasteiger partial charge >= 0.3 is 0 Å². The molecule has 0 radical (unpaired) electrons. The minimum absolute atomic E-state index is 0.218. The van der Waals surface area contributed by atoms with Crippen molar-refractivity contribution in [3.05, 3.63) is 246 Å². The van der Waals surface area contributed by atoms with E-state index in [2.05, 4.69) is 251 Å². The number of benzene rings is 12. The Morgan fingerprint density at radius 1 is 0.342 bits per heavy atom. The van der Waals surface area contributed by atoms with Crippen molar-refractivity contribution in [1.82, 2.24) is 0 Å². The van der Waals surface area contributed by atoms with Gasteiger partial charge in [0.1, 0.15) is 11.3 Å². The lowest BCUT2D eigenvalue weighted by Crippen LogP contribution is -2.12. The number of para-hydroxylation sites is 3. The molecule has 4 nitrogen and oxygen atoms in total. The molecule has 1 aromatic heterocycles. The second kappa shape index (κ2) is 17.3. The molecule has 0 aliphatic heterocycles. The van der Waals surface area contributed by atoms with Gasteiger partial charge in [0.05, 0.1) is 22.7 Å². The molecule has 0 bridgehead atoms. The van der Waals surface area contributed by atoms with Crippen LogP contribution in [-0.2, 0) is 0 Å². The zero-order valence-corrected chi connectivity index (χ0v) is 41.5. The van der Waals surface area contributed by atoms with Crippen molar-refractivity contribution in [3.8, 4) is 39.1 Å². The predicted molar refractivity (Wildman–Crippen MR) is 308 cm³/mol. The Hall–Kier alpha value is -9.12. The van der Waals surface area contributed by atoms with Gasteiger partial charge in [-0.3, -0.25) is 0 Å². The van der Waals surface area contributed by atoms with Gasteiger partial charge in [-0.2, -0.15) is 0 Å². The summed E-state index contributed by atoms with van der Waals surface area (Å²) in [5.74, 6) is 0.218. The smallest absolute Gasteiger partial charge is 0.159 e. The molecule has 0 spiro atoms. The van der Waals surface area contributed by atoms with Gasteiger partial charge in [-0.05, 0) is 161 Å². The molecule has 0 amide bonds. The van der Waals surface area contributed by atoms with Crippen molar-refractivity contribution < 1.29 is 9.52 Å². The van der Waals surface area contributed by atoms with E-state index in [4.69, 9.17) is 4.42 Å². The maximum absolute atomic E-state index is 12.7. The first kappa shape index (κ1) is 43.9. The molecule has 0 aliphatic carbocycles. The summed E-state index contributed by atoms with van der Waals surface area (Å²) in [5, 5.41) is 21.7. The van der Waals surface area contributed by atoms with Crippen molar-refractivity contribution in [2.24, 2.45) is 0 Å². The number of rotatable bonds is 9. The van der Waals surface area contributed by atoms with Gasteiger partial charge in [-0.25, -0.2) is 0 Å². The van der Waals surface area contributed by atoms with Crippen LogP contribution >= 0.6 is 0 Å². The molecule has 0 unspecified atom stereocenters. The zero-order chi connectivity index (χ0) is 49.5. The summed E-state index contributed by atoms with van der Waals surface area (Å²) in [6.45, 7) is 10.8. The highest BCUT2D eigenvalue weighted by molar-refractivity contribution is 6.28. The van der Waals surface area contributed by atoms with E-state index in [0.717, 1.165) is 111 Å². The second-order valence-electron chi connectivity index (χ2n) is 19.7. The average Bonchev–Trinajstić information content (AvgIpc) is 3.80. The molecule has 0 atom stereocenters. The Labute approximate surface area is 425 Å². The van der Waals surface area contributed by atoms with Gasteiger partial charge in [0, 0.05) is 44.0 Å². The molecule has 1 heterocycles. The number of fused-ring (bicyclic) bond motifs is 3. The minimum atomic E-state index is 0.218.